The van der Waals surface area contributed by atoms with E-state index in [1.54, 1.807) is 0 Å². The number of allylic oxidation sites excluding steroid dienone is 2. The number of hydrogen-bond acceptors (Lipinski definition) is 1. The van der Waals surface area contributed by atoms with E-state index in [0.29, 0.717) is 16.7 Å². The lowest BCUT2D eigenvalue weighted by molar-refractivity contribution is -0.117. The summed E-state index contributed by atoms with van der Waals surface area (Å²) in [6.07, 6.45) is 7.86. The third-order valence-electron chi connectivity index (χ3n) is 3.55. The van der Waals surface area contributed by atoms with Crippen molar-refractivity contribution in [3.05, 3.63) is 11.6 Å². The zero-order chi connectivity index (χ0) is 11.6. The van der Waals surface area contributed by atoms with Crippen molar-refractivity contribution in [1.82, 2.24) is 0 Å². The summed E-state index contributed by atoms with van der Waals surface area (Å²) < 4.78 is 0. The number of carbonyl (C=O) groups is 1. The van der Waals surface area contributed by atoms with E-state index in [9.17, 15) is 4.79 Å². The van der Waals surface area contributed by atoms with Gasteiger partial charge < -0.3 is 0 Å². The quantitative estimate of drug-likeness (QED) is 0.692. The van der Waals surface area contributed by atoms with Crippen molar-refractivity contribution in [2.24, 2.45) is 5.41 Å². The van der Waals surface area contributed by atoms with Gasteiger partial charge in [0.2, 0.25) is 0 Å². The fourth-order valence-corrected chi connectivity index (χ4v) is 5.22. The molecule has 1 aliphatic heterocycles. The number of rotatable bonds is 3. The molecule has 0 bridgehead atoms. The van der Waals surface area contributed by atoms with E-state index >= 15 is 0 Å². The van der Waals surface area contributed by atoms with Gasteiger partial charge in [0.1, 0.15) is 17.3 Å². The maximum atomic E-state index is 11.6. The Bertz CT molecular complexity index is 298. The van der Waals surface area contributed by atoms with Gasteiger partial charge in [0, 0.05) is 12.8 Å². The Labute approximate surface area is 102 Å². The molecule has 0 aromatic carbocycles. The van der Waals surface area contributed by atoms with Crippen LogP contribution in [-0.4, -0.2) is 23.0 Å². The first-order chi connectivity index (χ1) is 7.55. The van der Waals surface area contributed by atoms with Crippen molar-refractivity contribution in [1.29, 1.82) is 0 Å². The molecule has 0 spiro atoms. The zero-order valence-electron chi connectivity index (χ0n) is 10.6. The molecule has 1 aliphatic carbocycles. The number of ketones is 1. The van der Waals surface area contributed by atoms with Crippen LogP contribution in [0.2, 0.25) is 0 Å². The summed E-state index contributed by atoms with van der Waals surface area (Å²) >= 11 is 0. The first-order valence-corrected chi connectivity index (χ1v) is 8.15. The monoisotopic (exact) mass is 239 g/mol. The normalized spacial score (nSPS) is 25.9. The van der Waals surface area contributed by atoms with Gasteiger partial charge in [0.05, 0.1) is 0 Å². The molecule has 0 N–H and O–H groups in total. The summed E-state index contributed by atoms with van der Waals surface area (Å²) in [6, 6.07) is 0. The van der Waals surface area contributed by atoms with Gasteiger partial charge in [-0.2, -0.15) is 0 Å². The Morgan fingerprint density at radius 1 is 1.25 bits per heavy atom. The summed E-state index contributed by atoms with van der Waals surface area (Å²) in [6.45, 7) is 4.44. The summed E-state index contributed by atoms with van der Waals surface area (Å²) in [4.78, 5) is 11.6. The smallest absolute Gasteiger partial charge is 0.156 e. The van der Waals surface area contributed by atoms with E-state index in [2.05, 4.69) is 13.8 Å². The fraction of sp³-hybridized carbons (Fsp3) is 0.786. The van der Waals surface area contributed by atoms with Gasteiger partial charge in [-0.3, -0.25) is 4.79 Å². The van der Waals surface area contributed by atoms with Crippen LogP contribution in [0, 0.1) is 5.41 Å². The Kier molecular flexibility index (Phi) is 3.78. The maximum absolute atomic E-state index is 11.6. The topological polar surface area (TPSA) is 17.1 Å². The molecule has 2 heteroatoms. The van der Waals surface area contributed by atoms with Crippen LogP contribution in [0.1, 0.15) is 46.0 Å². The lowest BCUT2D eigenvalue weighted by Gasteiger charge is -2.28. The van der Waals surface area contributed by atoms with Gasteiger partial charge in [-0.15, -0.1) is 0 Å². The molecule has 90 valence electrons. The first kappa shape index (κ1) is 12.2. The Hall–Kier alpha value is -0.240. The summed E-state index contributed by atoms with van der Waals surface area (Å²) in [5.74, 6) is 4.59. The highest BCUT2D eigenvalue weighted by atomic mass is 32.2. The average molecular weight is 239 g/mol. The van der Waals surface area contributed by atoms with E-state index < -0.39 is 0 Å². The van der Waals surface area contributed by atoms with E-state index in [-0.39, 0.29) is 5.41 Å². The molecule has 16 heavy (non-hydrogen) atoms. The van der Waals surface area contributed by atoms with Crippen LogP contribution in [0.15, 0.2) is 11.6 Å². The summed E-state index contributed by atoms with van der Waals surface area (Å²) in [7, 11) is 0.683. The van der Waals surface area contributed by atoms with Crippen LogP contribution in [0.5, 0.6) is 0 Å². The molecule has 2 rings (SSSR count). The summed E-state index contributed by atoms with van der Waals surface area (Å²) in [5.41, 5.74) is 1.63. The molecular weight excluding hydrogens is 216 g/mol. The standard InChI is InChI=1S/C14H23OS/c1-14(2)10-12(9-13(15)11-14)5-8-16-6-3-4-7-16/h9H,3-8,10-11H2,1-2H3/q+1. The second-order valence-electron chi connectivity index (χ2n) is 5.97. The third kappa shape index (κ3) is 3.38. The molecule has 0 unspecified atom stereocenters. The highest BCUT2D eigenvalue weighted by Crippen LogP contribution is 2.35. The number of carbonyl (C=O) groups excluding carboxylic acids is 1. The van der Waals surface area contributed by atoms with Gasteiger partial charge in [0.15, 0.2) is 5.78 Å². The predicted octanol–water partition coefficient (Wildman–Crippen LogP) is 3.10. The highest BCUT2D eigenvalue weighted by molar-refractivity contribution is 7.97. The van der Waals surface area contributed by atoms with E-state index in [1.807, 2.05) is 6.08 Å². The molecule has 0 aromatic rings. The minimum Gasteiger partial charge on any atom is -0.295 e. The van der Waals surface area contributed by atoms with Crippen LogP contribution < -0.4 is 0 Å². The minimum absolute atomic E-state index is 0.208. The number of hydrogen-bond donors (Lipinski definition) is 0. The molecule has 0 aromatic heterocycles. The van der Waals surface area contributed by atoms with E-state index in [4.69, 9.17) is 0 Å². The van der Waals surface area contributed by atoms with Gasteiger partial charge >= 0.3 is 0 Å². The largest absolute Gasteiger partial charge is 0.295 e. The Balaban J connectivity index is 1.86. The van der Waals surface area contributed by atoms with Crippen molar-refractivity contribution in [2.75, 3.05) is 17.3 Å². The zero-order valence-corrected chi connectivity index (χ0v) is 11.4. The van der Waals surface area contributed by atoms with Crippen LogP contribution in [0.3, 0.4) is 0 Å². The second kappa shape index (κ2) is 4.95. The van der Waals surface area contributed by atoms with Gasteiger partial charge in [0.25, 0.3) is 0 Å². The molecule has 0 saturated carbocycles. The molecule has 0 radical (unpaired) electrons. The van der Waals surface area contributed by atoms with E-state index in [1.165, 1.54) is 42.1 Å². The lowest BCUT2D eigenvalue weighted by Crippen LogP contribution is -2.23. The van der Waals surface area contributed by atoms with Crippen molar-refractivity contribution in [3.63, 3.8) is 0 Å². The first-order valence-electron chi connectivity index (χ1n) is 6.42. The molecule has 0 amide bonds. The molecule has 0 atom stereocenters. The minimum atomic E-state index is 0.208. The van der Waals surface area contributed by atoms with Crippen LogP contribution in [0.25, 0.3) is 0 Å². The van der Waals surface area contributed by atoms with Crippen LogP contribution >= 0.6 is 0 Å². The molecule has 1 saturated heterocycles. The molecule has 2 aliphatic rings. The van der Waals surface area contributed by atoms with Gasteiger partial charge in [-0.25, -0.2) is 0 Å². The Morgan fingerprint density at radius 2 is 1.94 bits per heavy atom. The second-order valence-corrected chi connectivity index (χ2v) is 8.42. The van der Waals surface area contributed by atoms with Crippen molar-refractivity contribution < 1.29 is 4.79 Å². The van der Waals surface area contributed by atoms with Gasteiger partial charge in [-0.05, 0) is 41.6 Å². The van der Waals surface area contributed by atoms with E-state index in [0.717, 1.165) is 12.8 Å². The molecule has 1 heterocycles. The van der Waals surface area contributed by atoms with Crippen molar-refractivity contribution >= 4 is 16.7 Å². The fourth-order valence-electron chi connectivity index (χ4n) is 2.83. The SMILES string of the molecule is CC1(C)CC(=O)C=C(CC[S+]2CCCC2)C1. The summed E-state index contributed by atoms with van der Waals surface area (Å²) in [5, 5.41) is 0. The Morgan fingerprint density at radius 3 is 2.56 bits per heavy atom. The average Bonchev–Trinajstić information content (AvgIpc) is 2.63. The third-order valence-corrected chi connectivity index (χ3v) is 6.06. The predicted molar refractivity (Wildman–Crippen MR) is 71.9 cm³/mol. The molecular formula is C14H23OS+. The maximum Gasteiger partial charge on any atom is 0.156 e. The van der Waals surface area contributed by atoms with Crippen molar-refractivity contribution in [3.8, 4) is 0 Å². The lowest BCUT2D eigenvalue weighted by atomic mass is 9.76. The van der Waals surface area contributed by atoms with Crippen LogP contribution in [-0.2, 0) is 15.7 Å². The van der Waals surface area contributed by atoms with Crippen LogP contribution in [0.4, 0.5) is 0 Å². The molecule has 1 nitrogen and oxygen atoms in total. The van der Waals surface area contributed by atoms with Crippen molar-refractivity contribution in [2.45, 2.75) is 46.0 Å². The highest BCUT2D eigenvalue weighted by Gasteiger charge is 2.29. The van der Waals surface area contributed by atoms with Gasteiger partial charge in [-0.1, -0.05) is 19.4 Å². The molecule has 1 fully saturated rings.